The zero-order chi connectivity index (χ0) is 13.5. The molecule has 0 saturated carbocycles. The van der Waals surface area contributed by atoms with Crippen LogP contribution in [0.25, 0.3) is 0 Å². The Morgan fingerprint density at radius 2 is 1.55 bits per heavy atom. The normalized spacial score (nSPS) is 10.7. The van der Waals surface area contributed by atoms with Gasteiger partial charge in [0.05, 0.1) is 6.54 Å². The van der Waals surface area contributed by atoms with E-state index in [4.69, 9.17) is 10.9 Å². The average molecular weight is 287 g/mol. The summed E-state index contributed by atoms with van der Waals surface area (Å²) in [6, 6.07) is 20.0. The molecule has 3 N–H and O–H groups in total. The van der Waals surface area contributed by atoms with E-state index in [0.717, 1.165) is 5.69 Å². The van der Waals surface area contributed by atoms with Gasteiger partial charge in [-0.15, -0.1) is 0 Å². The van der Waals surface area contributed by atoms with E-state index in [1.807, 2.05) is 48.5 Å². The van der Waals surface area contributed by atoms with Gasteiger partial charge in [0.25, 0.3) is 0 Å². The third kappa shape index (κ3) is 4.44. The predicted octanol–water partition coefficient (Wildman–Crippen LogP) is 0.988. The lowest BCUT2D eigenvalue weighted by molar-refractivity contribution is 0.317. The van der Waals surface area contributed by atoms with Crippen molar-refractivity contribution < 1.29 is 5.21 Å². The molecule has 0 unspecified atom stereocenters. The molecule has 0 fully saturated rings. The minimum atomic E-state index is 0. The molecule has 20 heavy (non-hydrogen) atoms. The molecule has 0 amide bonds. The van der Waals surface area contributed by atoms with Crippen LogP contribution in [0.15, 0.2) is 65.8 Å². The van der Waals surface area contributed by atoms with E-state index >= 15 is 0 Å². The van der Waals surface area contributed by atoms with Crippen molar-refractivity contribution in [3.63, 3.8) is 0 Å². The quantitative estimate of drug-likeness (QED) is 0.283. The van der Waals surface area contributed by atoms with Crippen LogP contribution in [0.3, 0.4) is 0 Å². The molecule has 0 saturated heterocycles. The van der Waals surface area contributed by atoms with Gasteiger partial charge >= 0.3 is 0 Å². The summed E-state index contributed by atoms with van der Waals surface area (Å²) in [6.45, 7) is 1.09. The molecule has 4 nitrogen and oxygen atoms in total. The number of nitrogens with two attached hydrogens (primary N) is 1. The summed E-state index contributed by atoms with van der Waals surface area (Å²) >= 11 is 0. The molecule has 5 heteroatoms. The van der Waals surface area contributed by atoms with Crippen molar-refractivity contribution in [2.24, 2.45) is 10.9 Å². The fourth-order valence-electron chi connectivity index (χ4n) is 1.91. The monoisotopic (exact) mass is 287 g/mol. The van der Waals surface area contributed by atoms with Gasteiger partial charge in [-0.3, -0.25) is 0 Å². The first kappa shape index (κ1) is 15.8. The molecule has 0 atom stereocenters. The van der Waals surface area contributed by atoms with Crippen molar-refractivity contribution in [2.45, 2.75) is 6.54 Å². The molecule has 0 spiro atoms. The number of anilines is 1. The maximum atomic E-state index is 8.73. The second kappa shape index (κ2) is 8.01. The van der Waals surface area contributed by atoms with Gasteiger partial charge in [0.2, 0.25) is 0 Å². The van der Waals surface area contributed by atoms with Gasteiger partial charge in [-0.2, -0.15) is 0 Å². The smallest absolute Gasteiger partial charge is 0.158 e. The summed E-state index contributed by atoms with van der Waals surface area (Å²) in [6.07, 6.45) is 0. The van der Waals surface area contributed by atoms with Crippen LogP contribution in [0.5, 0.6) is 0 Å². The van der Waals surface area contributed by atoms with E-state index in [1.165, 1.54) is 5.56 Å². The van der Waals surface area contributed by atoms with Crippen LogP contribution >= 0.6 is 0 Å². The number of benzene rings is 2. The second-order valence-corrected chi connectivity index (χ2v) is 4.27. The van der Waals surface area contributed by atoms with Gasteiger partial charge in [-0.1, -0.05) is 53.7 Å². The van der Waals surface area contributed by atoms with Crippen molar-refractivity contribution >= 4 is 22.5 Å². The molecule has 2 rings (SSSR count). The summed E-state index contributed by atoms with van der Waals surface area (Å²) in [5, 5.41) is 11.8. The first-order valence-electron chi connectivity index (χ1n) is 6.10. The van der Waals surface area contributed by atoms with E-state index in [1.54, 1.807) is 0 Å². The van der Waals surface area contributed by atoms with Crippen LogP contribution in [-0.2, 0) is 6.54 Å². The van der Waals surface area contributed by atoms with E-state index in [0.29, 0.717) is 13.1 Å². The number of rotatable bonds is 5. The molecule has 0 aliphatic heterocycles. The Morgan fingerprint density at radius 3 is 2.10 bits per heavy atom. The number of hydrogen-bond acceptors (Lipinski definition) is 3. The summed E-state index contributed by atoms with van der Waals surface area (Å²) in [7, 11) is 0. The van der Waals surface area contributed by atoms with E-state index in [-0.39, 0.29) is 16.8 Å². The van der Waals surface area contributed by atoms with Gasteiger partial charge in [0, 0.05) is 12.2 Å². The van der Waals surface area contributed by atoms with Gasteiger partial charge < -0.3 is 15.8 Å². The lowest BCUT2D eigenvalue weighted by atomic mass is 10.2. The molecule has 2 aromatic rings. The summed E-state index contributed by atoms with van der Waals surface area (Å²) in [4.78, 5) is 2.06. The summed E-state index contributed by atoms with van der Waals surface area (Å²) in [5.74, 6) is 0.194. The zero-order valence-electron chi connectivity index (χ0n) is 10.6. The average Bonchev–Trinajstić information content (AvgIpc) is 2.48. The van der Waals surface area contributed by atoms with Crippen LogP contribution in [0.2, 0.25) is 0 Å². The third-order valence-corrected chi connectivity index (χ3v) is 2.82. The molecule has 0 bridgehead atoms. The Balaban J connectivity index is 0.00000200. The van der Waals surface area contributed by atoms with Gasteiger partial charge in [-0.25, -0.2) is 0 Å². The minimum Gasteiger partial charge on any atom is -0.409 e. The lowest BCUT2D eigenvalue weighted by Crippen LogP contribution is -2.33. The number of hydrogen-bond donors (Lipinski definition) is 2. The third-order valence-electron chi connectivity index (χ3n) is 2.82. The van der Waals surface area contributed by atoms with Gasteiger partial charge in [-0.05, 0) is 28.7 Å². The second-order valence-electron chi connectivity index (χ2n) is 4.27. The van der Waals surface area contributed by atoms with Gasteiger partial charge in [0.1, 0.15) is 0 Å². The highest BCUT2D eigenvalue weighted by molar-refractivity contribution is 5.84. The van der Waals surface area contributed by atoms with Crippen molar-refractivity contribution in [1.82, 2.24) is 0 Å². The van der Waals surface area contributed by atoms with Crippen LogP contribution in [0, 0.1) is 0 Å². The SMILES string of the molecule is N/C(CN(Cc1ccccc1)c1ccccc1)=N\O.[SiH4]. The number of amidine groups is 1. The Bertz CT molecular complexity index is 531. The molecule has 0 aliphatic rings. The lowest BCUT2D eigenvalue weighted by Gasteiger charge is -2.24. The highest BCUT2D eigenvalue weighted by Gasteiger charge is 2.09. The first-order valence-corrected chi connectivity index (χ1v) is 6.10. The Hall–Kier alpha value is -2.27. The topological polar surface area (TPSA) is 61.8 Å². The van der Waals surface area contributed by atoms with Crippen molar-refractivity contribution in [1.29, 1.82) is 0 Å². The van der Waals surface area contributed by atoms with Crippen molar-refractivity contribution in [2.75, 3.05) is 11.4 Å². The van der Waals surface area contributed by atoms with E-state index < -0.39 is 0 Å². The molecule has 0 aliphatic carbocycles. The summed E-state index contributed by atoms with van der Waals surface area (Å²) in [5.41, 5.74) is 7.84. The maximum absolute atomic E-state index is 8.73. The largest absolute Gasteiger partial charge is 0.409 e. The van der Waals surface area contributed by atoms with Crippen molar-refractivity contribution in [3.8, 4) is 0 Å². The Morgan fingerprint density at radius 1 is 1.00 bits per heavy atom. The first-order chi connectivity index (χ1) is 9.29. The fourth-order valence-corrected chi connectivity index (χ4v) is 1.91. The maximum Gasteiger partial charge on any atom is 0.158 e. The minimum absolute atomic E-state index is 0. The molecule has 2 aromatic carbocycles. The molecule has 0 radical (unpaired) electrons. The van der Waals surface area contributed by atoms with Gasteiger partial charge in [0.15, 0.2) is 5.84 Å². The van der Waals surface area contributed by atoms with E-state index in [9.17, 15) is 0 Å². The predicted molar refractivity (Wildman–Crippen MR) is 88.7 cm³/mol. The van der Waals surface area contributed by atoms with Crippen LogP contribution < -0.4 is 10.6 Å². The fraction of sp³-hybridized carbons (Fsp3) is 0.133. The molecule has 106 valence electrons. The zero-order valence-corrected chi connectivity index (χ0v) is 10.6. The number of oxime groups is 1. The Labute approximate surface area is 123 Å². The van der Waals surface area contributed by atoms with Crippen molar-refractivity contribution in [3.05, 3.63) is 66.2 Å². The number of nitrogens with zero attached hydrogens (tertiary/aromatic N) is 2. The highest BCUT2D eigenvalue weighted by atomic mass is 28.1. The molecule has 0 aromatic heterocycles. The van der Waals surface area contributed by atoms with Crippen LogP contribution in [0.1, 0.15) is 5.56 Å². The molecular formula is C15H21N3OSi. The number of para-hydroxylation sites is 1. The summed E-state index contributed by atoms with van der Waals surface area (Å²) < 4.78 is 0. The van der Waals surface area contributed by atoms with Crippen LogP contribution in [-0.4, -0.2) is 28.6 Å². The molecule has 0 heterocycles. The highest BCUT2D eigenvalue weighted by Crippen LogP contribution is 2.16. The van der Waals surface area contributed by atoms with E-state index in [2.05, 4.69) is 22.2 Å². The Kier molecular flexibility index (Phi) is 6.32. The van der Waals surface area contributed by atoms with Crippen LogP contribution in [0.4, 0.5) is 5.69 Å². The standard InChI is InChI=1S/C15H17N3O.H4Si/c16-15(17-19)12-18(14-9-5-2-6-10-14)11-13-7-3-1-4-8-13;/h1-10,19H,11-12H2,(H2,16,17);1H4. The molecular weight excluding hydrogens is 266 g/mol.